The zero-order valence-electron chi connectivity index (χ0n) is 13.8. The van der Waals surface area contributed by atoms with Gasteiger partial charge in [-0.2, -0.15) is 0 Å². The second-order valence-corrected chi connectivity index (χ2v) is 5.22. The molecule has 0 unspecified atom stereocenters. The van der Waals surface area contributed by atoms with Crippen LogP contribution in [0.25, 0.3) is 0 Å². The number of hydrogen-bond donors (Lipinski definition) is 0. The molecule has 0 fully saturated rings. The Kier molecular flexibility index (Phi) is 15.5. The minimum absolute atomic E-state index is 0.0835. The van der Waals surface area contributed by atoms with Crippen LogP contribution in [-0.2, 0) is 9.53 Å². The van der Waals surface area contributed by atoms with E-state index in [-0.39, 0.29) is 5.97 Å². The van der Waals surface area contributed by atoms with Gasteiger partial charge in [-0.25, -0.2) is 0 Å². The van der Waals surface area contributed by atoms with Crippen molar-refractivity contribution in [3.8, 4) is 23.7 Å². The van der Waals surface area contributed by atoms with Gasteiger partial charge in [0.25, 0.3) is 0 Å². The highest BCUT2D eigenvalue weighted by molar-refractivity contribution is 5.68. The number of hydrogen-bond acceptors (Lipinski definition) is 2. The van der Waals surface area contributed by atoms with E-state index in [1.807, 2.05) is 6.92 Å². The van der Waals surface area contributed by atoms with E-state index in [4.69, 9.17) is 0 Å². The fourth-order valence-electron chi connectivity index (χ4n) is 2.11. The first-order valence-electron chi connectivity index (χ1n) is 8.23. The number of unbranched alkanes of at least 4 members (excludes halogenated alkanes) is 9. The molecule has 0 saturated heterocycles. The fourth-order valence-corrected chi connectivity index (χ4v) is 2.11. The van der Waals surface area contributed by atoms with E-state index in [2.05, 4.69) is 28.4 Å². The van der Waals surface area contributed by atoms with Crippen molar-refractivity contribution in [1.82, 2.24) is 0 Å². The summed E-state index contributed by atoms with van der Waals surface area (Å²) in [7, 11) is 1.45. The summed E-state index contributed by atoms with van der Waals surface area (Å²) >= 11 is 0. The third-order valence-corrected chi connectivity index (χ3v) is 3.39. The van der Waals surface area contributed by atoms with E-state index in [0.29, 0.717) is 12.8 Å². The van der Waals surface area contributed by atoms with Crippen LogP contribution in [0.4, 0.5) is 0 Å². The number of ether oxygens (including phenoxy) is 1. The Morgan fingerprint density at radius 3 is 1.95 bits per heavy atom. The second-order valence-electron chi connectivity index (χ2n) is 5.22. The summed E-state index contributed by atoms with van der Waals surface area (Å²) in [5, 5.41) is 0. The van der Waals surface area contributed by atoms with Crippen molar-refractivity contribution >= 4 is 5.97 Å². The highest BCUT2D eigenvalue weighted by Crippen LogP contribution is 2.11. The van der Waals surface area contributed by atoms with Crippen molar-refractivity contribution in [2.75, 3.05) is 7.11 Å². The topological polar surface area (TPSA) is 26.3 Å². The molecule has 0 saturated carbocycles. The highest BCUT2D eigenvalue weighted by atomic mass is 16.5. The fraction of sp³-hybridized carbons (Fsp3) is 0.737. The maximum Gasteiger partial charge on any atom is 0.305 e. The first-order chi connectivity index (χ1) is 10.3. The van der Waals surface area contributed by atoms with Gasteiger partial charge in [0.1, 0.15) is 0 Å². The van der Waals surface area contributed by atoms with Crippen LogP contribution in [0.15, 0.2) is 0 Å². The van der Waals surface area contributed by atoms with Crippen molar-refractivity contribution in [2.45, 2.75) is 84.0 Å². The lowest BCUT2D eigenvalue weighted by atomic mass is 10.1. The van der Waals surface area contributed by atoms with E-state index < -0.39 is 0 Å². The van der Waals surface area contributed by atoms with E-state index in [9.17, 15) is 4.79 Å². The quantitative estimate of drug-likeness (QED) is 0.308. The minimum Gasteiger partial charge on any atom is -0.469 e. The molecular formula is C19H30O2. The molecule has 0 aromatic carbocycles. The number of rotatable bonds is 11. The van der Waals surface area contributed by atoms with Gasteiger partial charge in [0, 0.05) is 12.8 Å². The molecule has 0 bridgehead atoms. The largest absolute Gasteiger partial charge is 0.469 e. The molecule has 0 rings (SSSR count). The Bertz CT molecular complexity index is 362. The van der Waals surface area contributed by atoms with Gasteiger partial charge in [-0.05, 0) is 19.8 Å². The summed E-state index contributed by atoms with van der Waals surface area (Å²) in [6.45, 7) is 1.85. The molecule has 2 nitrogen and oxygen atoms in total. The molecule has 0 aliphatic heterocycles. The Labute approximate surface area is 131 Å². The average Bonchev–Trinajstić information content (AvgIpc) is 2.50. The van der Waals surface area contributed by atoms with Crippen molar-refractivity contribution in [3.05, 3.63) is 0 Å². The molecule has 0 atom stereocenters. The van der Waals surface area contributed by atoms with Crippen molar-refractivity contribution in [2.24, 2.45) is 0 Å². The van der Waals surface area contributed by atoms with E-state index in [1.165, 1.54) is 52.1 Å². The number of carbonyl (C=O) groups is 1. The van der Waals surface area contributed by atoms with Crippen molar-refractivity contribution in [3.63, 3.8) is 0 Å². The Hall–Kier alpha value is -1.41. The van der Waals surface area contributed by atoms with Crippen molar-refractivity contribution in [1.29, 1.82) is 0 Å². The van der Waals surface area contributed by atoms with Gasteiger partial charge in [0.15, 0.2) is 0 Å². The highest BCUT2D eigenvalue weighted by Gasteiger charge is 1.98. The van der Waals surface area contributed by atoms with Crippen LogP contribution < -0.4 is 0 Å². The number of carbonyl (C=O) groups excluding carboxylic acids is 1. The normalized spacial score (nSPS) is 9.24. The maximum absolute atomic E-state index is 10.9. The third kappa shape index (κ3) is 16.5. The minimum atomic E-state index is -0.0835. The number of esters is 1. The molecule has 0 spiro atoms. The predicted molar refractivity (Wildman–Crippen MR) is 88.6 cm³/mol. The molecule has 0 N–H and O–H groups in total. The lowest BCUT2D eigenvalue weighted by Crippen LogP contribution is -1.99. The van der Waals surface area contributed by atoms with E-state index in [1.54, 1.807) is 0 Å². The summed E-state index contributed by atoms with van der Waals surface area (Å²) in [5.41, 5.74) is 0. The summed E-state index contributed by atoms with van der Waals surface area (Å²) in [6.07, 6.45) is 13.4. The lowest BCUT2D eigenvalue weighted by Gasteiger charge is -2.01. The summed E-state index contributed by atoms with van der Waals surface area (Å²) in [6, 6.07) is 0. The summed E-state index contributed by atoms with van der Waals surface area (Å²) < 4.78 is 4.61. The standard InChI is InChI=1S/C19H30O2/c1-3-4-5-6-7-8-9-10-11-12-13-14-15-16-17-18-19(20)21-2/h5,8-18H2,1-2H3. The second kappa shape index (κ2) is 16.6. The molecule has 0 aliphatic carbocycles. The average molecular weight is 290 g/mol. The zero-order valence-corrected chi connectivity index (χ0v) is 13.8. The molecule has 0 heterocycles. The Morgan fingerprint density at radius 2 is 1.38 bits per heavy atom. The SMILES string of the molecule is CC#CCC#CCCCCCCCCCCCC(=O)OC. The molecule has 0 aromatic rings. The van der Waals surface area contributed by atoms with Crippen LogP contribution in [0, 0.1) is 23.7 Å². The smallest absolute Gasteiger partial charge is 0.305 e. The zero-order chi connectivity index (χ0) is 15.6. The Balaban J connectivity index is 3.13. The first-order valence-corrected chi connectivity index (χ1v) is 8.23. The van der Waals surface area contributed by atoms with Gasteiger partial charge in [0.05, 0.1) is 13.5 Å². The number of methoxy groups -OCH3 is 1. The van der Waals surface area contributed by atoms with Crippen LogP contribution in [0.3, 0.4) is 0 Å². The molecule has 0 amide bonds. The molecule has 0 radical (unpaired) electrons. The predicted octanol–water partition coefficient (Wildman–Crippen LogP) is 4.87. The molecule has 21 heavy (non-hydrogen) atoms. The van der Waals surface area contributed by atoms with E-state index in [0.717, 1.165) is 19.3 Å². The molecular weight excluding hydrogens is 260 g/mol. The monoisotopic (exact) mass is 290 g/mol. The third-order valence-electron chi connectivity index (χ3n) is 3.39. The molecule has 2 heteroatoms. The van der Waals surface area contributed by atoms with Crippen LogP contribution in [0.2, 0.25) is 0 Å². The van der Waals surface area contributed by atoms with Gasteiger partial charge in [-0.1, -0.05) is 56.8 Å². The van der Waals surface area contributed by atoms with E-state index >= 15 is 0 Å². The molecule has 118 valence electrons. The van der Waals surface area contributed by atoms with Crippen LogP contribution >= 0.6 is 0 Å². The Morgan fingerprint density at radius 1 is 0.810 bits per heavy atom. The first kappa shape index (κ1) is 19.6. The molecule has 0 aromatic heterocycles. The van der Waals surface area contributed by atoms with Gasteiger partial charge >= 0.3 is 5.97 Å². The van der Waals surface area contributed by atoms with Crippen LogP contribution in [0.5, 0.6) is 0 Å². The molecule has 0 aliphatic rings. The van der Waals surface area contributed by atoms with Crippen molar-refractivity contribution < 1.29 is 9.53 Å². The van der Waals surface area contributed by atoms with Gasteiger partial charge in [0.2, 0.25) is 0 Å². The van der Waals surface area contributed by atoms with Gasteiger partial charge in [-0.3, -0.25) is 4.79 Å². The summed E-state index contributed by atoms with van der Waals surface area (Å²) in [5.74, 6) is 12.0. The van der Waals surface area contributed by atoms with Crippen LogP contribution in [0.1, 0.15) is 84.0 Å². The van der Waals surface area contributed by atoms with Gasteiger partial charge < -0.3 is 4.74 Å². The van der Waals surface area contributed by atoms with Gasteiger partial charge in [-0.15, -0.1) is 11.8 Å². The summed E-state index contributed by atoms with van der Waals surface area (Å²) in [4.78, 5) is 10.9. The maximum atomic E-state index is 10.9. The lowest BCUT2D eigenvalue weighted by molar-refractivity contribution is -0.140. The van der Waals surface area contributed by atoms with Crippen LogP contribution in [-0.4, -0.2) is 13.1 Å².